The highest BCUT2D eigenvalue weighted by Crippen LogP contribution is 2.28. The smallest absolute Gasteiger partial charge is 0.234 e. The molecule has 4 rings (SSSR count). The zero-order chi connectivity index (χ0) is 20.9. The van der Waals surface area contributed by atoms with Crippen molar-refractivity contribution < 1.29 is 4.79 Å². The van der Waals surface area contributed by atoms with Gasteiger partial charge in [-0.1, -0.05) is 36.0 Å². The molecule has 0 bridgehead atoms. The number of thioether (sulfide) groups is 1. The molecule has 2 aromatic carbocycles. The van der Waals surface area contributed by atoms with Gasteiger partial charge < -0.3 is 5.32 Å². The van der Waals surface area contributed by atoms with Gasteiger partial charge in [-0.05, 0) is 61.4 Å². The molecule has 0 saturated carbocycles. The molecular formula is C23H21N5OS. The summed E-state index contributed by atoms with van der Waals surface area (Å²) in [5.74, 6) is 0.855. The summed E-state index contributed by atoms with van der Waals surface area (Å²) in [6.45, 7) is 4.04. The van der Waals surface area contributed by atoms with E-state index in [1.54, 1.807) is 12.4 Å². The first-order chi connectivity index (χ1) is 14.6. The van der Waals surface area contributed by atoms with E-state index in [1.807, 2.05) is 73.0 Å². The number of hydrogen-bond acceptors (Lipinski definition) is 5. The fourth-order valence-electron chi connectivity index (χ4n) is 3.10. The van der Waals surface area contributed by atoms with Crippen LogP contribution in [0.4, 0.5) is 5.69 Å². The van der Waals surface area contributed by atoms with Gasteiger partial charge in [0.25, 0.3) is 0 Å². The summed E-state index contributed by atoms with van der Waals surface area (Å²) in [6.07, 6.45) is 3.46. The minimum atomic E-state index is -0.0881. The first-order valence-corrected chi connectivity index (χ1v) is 10.5. The average molecular weight is 416 g/mol. The zero-order valence-corrected chi connectivity index (χ0v) is 17.6. The Hall–Kier alpha value is -3.45. The Morgan fingerprint density at radius 1 is 0.967 bits per heavy atom. The lowest BCUT2D eigenvalue weighted by Gasteiger charge is -2.11. The highest BCUT2D eigenvalue weighted by atomic mass is 32.2. The van der Waals surface area contributed by atoms with Crippen LogP contribution in [0.25, 0.3) is 17.1 Å². The molecule has 1 N–H and O–H groups in total. The topological polar surface area (TPSA) is 72.7 Å². The van der Waals surface area contributed by atoms with Gasteiger partial charge in [0.1, 0.15) is 0 Å². The van der Waals surface area contributed by atoms with Crippen LogP contribution in [0.15, 0.2) is 78.2 Å². The second-order valence-corrected chi connectivity index (χ2v) is 7.87. The van der Waals surface area contributed by atoms with Gasteiger partial charge in [0.05, 0.1) is 5.75 Å². The summed E-state index contributed by atoms with van der Waals surface area (Å²) < 4.78 is 1.98. The van der Waals surface area contributed by atoms with Gasteiger partial charge in [-0.2, -0.15) is 0 Å². The summed E-state index contributed by atoms with van der Waals surface area (Å²) in [5, 5.41) is 12.4. The van der Waals surface area contributed by atoms with Crippen LogP contribution >= 0.6 is 11.8 Å². The van der Waals surface area contributed by atoms with Crippen LogP contribution in [0.3, 0.4) is 0 Å². The highest BCUT2D eigenvalue weighted by molar-refractivity contribution is 7.99. The fourth-order valence-corrected chi connectivity index (χ4v) is 3.85. The summed E-state index contributed by atoms with van der Waals surface area (Å²) in [7, 11) is 0. The minimum Gasteiger partial charge on any atom is -0.325 e. The number of nitrogens with zero attached hydrogens (tertiary/aromatic N) is 4. The molecule has 0 aliphatic carbocycles. The van der Waals surface area contributed by atoms with Gasteiger partial charge in [0.2, 0.25) is 5.91 Å². The first-order valence-electron chi connectivity index (χ1n) is 9.52. The van der Waals surface area contributed by atoms with Crippen molar-refractivity contribution in [3.8, 4) is 17.1 Å². The molecule has 2 heterocycles. The van der Waals surface area contributed by atoms with E-state index in [2.05, 4.69) is 26.6 Å². The lowest BCUT2D eigenvalue weighted by Crippen LogP contribution is -2.14. The third-order valence-electron chi connectivity index (χ3n) is 4.47. The van der Waals surface area contributed by atoms with Crippen LogP contribution in [0.1, 0.15) is 11.1 Å². The average Bonchev–Trinajstić information content (AvgIpc) is 3.17. The molecule has 4 aromatic rings. The Morgan fingerprint density at radius 2 is 1.70 bits per heavy atom. The minimum absolute atomic E-state index is 0.0881. The molecule has 150 valence electrons. The van der Waals surface area contributed by atoms with Gasteiger partial charge in [-0.15, -0.1) is 10.2 Å². The fraction of sp³-hybridized carbons (Fsp3) is 0.130. The molecule has 0 spiro atoms. The van der Waals surface area contributed by atoms with Crippen molar-refractivity contribution in [1.82, 2.24) is 19.7 Å². The second kappa shape index (κ2) is 8.92. The van der Waals surface area contributed by atoms with Crippen molar-refractivity contribution >= 4 is 23.4 Å². The molecule has 1 amide bonds. The predicted molar refractivity (Wildman–Crippen MR) is 120 cm³/mol. The quantitative estimate of drug-likeness (QED) is 0.463. The Labute approximate surface area is 179 Å². The number of amides is 1. The molecule has 6 nitrogen and oxygen atoms in total. The van der Waals surface area contributed by atoms with E-state index in [1.165, 1.54) is 11.8 Å². The Balaban J connectivity index is 1.60. The number of carbonyl (C=O) groups excluding carboxylic acids is 1. The number of pyridine rings is 1. The molecule has 0 atom stereocenters. The van der Waals surface area contributed by atoms with Crippen molar-refractivity contribution in [2.24, 2.45) is 0 Å². The number of hydrogen-bond donors (Lipinski definition) is 1. The number of nitrogens with one attached hydrogen (secondary N) is 1. The number of aryl methyl sites for hydroxylation is 2. The van der Waals surface area contributed by atoms with E-state index in [-0.39, 0.29) is 11.7 Å². The third-order valence-corrected chi connectivity index (χ3v) is 5.39. The number of benzene rings is 2. The van der Waals surface area contributed by atoms with Crippen LogP contribution in [0.5, 0.6) is 0 Å². The Bertz CT molecular complexity index is 1170. The second-order valence-electron chi connectivity index (χ2n) is 6.92. The van der Waals surface area contributed by atoms with E-state index in [0.717, 1.165) is 28.1 Å². The molecule has 30 heavy (non-hydrogen) atoms. The highest BCUT2D eigenvalue weighted by Gasteiger charge is 2.17. The summed E-state index contributed by atoms with van der Waals surface area (Å²) >= 11 is 1.36. The summed E-state index contributed by atoms with van der Waals surface area (Å²) in [5.41, 5.74) is 4.89. The molecule has 0 saturated heterocycles. The maximum Gasteiger partial charge on any atom is 0.234 e. The van der Waals surface area contributed by atoms with Gasteiger partial charge in [0.15, 0.2) is 11.0 Å². The van der Waals surface area contributed by atoms with Crippen LogP contribution in [-0.4, -0.2) is 31.4 Å². The van der Waals surface area contributed by atoms with Crippen LogP contribution in [-0.2, 0) is 4.79 Å². The van der Waals surface area contributed by atoms with Crippen LogP contribution in [0.2, 0.25) is 0 Å². The van der Waals surface area contributed by atoms with E-state index in [4.69, 9.17) is 0 Å². The molecule has 2 aromatic heterocycles. The van der Waals surface area contributed by atoms with Crippen molar-refractivity contribution in [3.63, 3.8) is 0 Å². The maximum atomic E-state index is 12.5. The Morgan fingerprint density at radius 3 is 2.43 bits per heavy atom. The normalized spacial score (nSPS) is 10.7. The van der Waals surface area contributed by atoms with E-state index < -0.39 is 0 Å². The molecule has 0 radical (unpaired) electrons. The molecular weight excluding hydrogens is 394 g/mol. The summed E-state index contributed by atoms with van der Waals surface area (Å²) in [6, 6.07) is 19.7. The molecule has 0 fully saturated rings. The standard InChI is InChI=1S/C23H21N5OS/c1-16-5-3-7-19(13-16)25-21(29)15-30-23-27-26-22(18-9-11-24-12-10-18)28(23)20-8-4-6-17(2)14-20/h3-14H,15H2,1-2H3,(H,25,29). The van der Waals surface area contributed by atoms with Gasteiger partial charge >= 0.3 is 0 Å². The van der Waals surface area contributed by atoms with Crippen molar-refractivity contribution in [2.75, 3.05) is 11.1 Å². The number of aromatic nitrogens is 4. The SMILES string of the molecule is Cc1cccc(NC(=O)CSc2nnc(-c3ccncc3)n2-c2cccc(C)c2)c1. The van der Waals surface area contributed by atoms with Gasteiger partial charge in [0, 0.05) is 29.3 Å². The van der Waals surface area contributed by atoms with Crippen LogP contribution in [0, 0.1) is 13.8 Å². The van der Waals surface area contributed by atoms with E-state index in [9.17, 15) is 4.79 Å². The zero-order valence-electron chi connectivity index (χ0n) is 16.7. The molecule has 0 unspecified atom stereocenters. The van der Waals surface area contributed by atoms with Gasteiger partial charge in [-0.3, -0.25) is 14.3 Å². The number of anilines is 1. The summed E-state index contributed by atoms with van der Waals surface area (Å²) in [4.78, 5) is 16.6. The van der Waals surface area contributed by atoms with Crippen LogP contribution < -0.4 is 5.32 Å². The largest absolute Gasteiger partial charge is 0.325 e. The van der Waals surface area contributed by atoms with Gasteiger partial charge in [-0.25, -0.2) is 0 Å². The lowest BCUT2D eigenvalue weighted by atomic mass is 10.2. The predicted octanol–water partition coefficient (Wildman–Crippen LogP) is 4.68. The molecule has 7 heteroatoms. The first kappa shape index (κ1) is 19.8. The molecule has 0 aliphatic heterocycles. The van der Waals surface area contributed by atoms with Crippen molar-refractivity contribution in [1.29, 1.82) is 0 Å². The number of rotatable bonds is 6. The van der Waals surface area contributed by atoms with Crippen molar-refractivity contribution in [3.05, 3.63) is 84.2 Å². The lowest BCUT2D eigenvalue weighted by molar-refractivity contribution is -0.113. The van der Waals surface area contributed by atoms with Crippen molar-refractivity contribution in [2.45, 2.75) is 19.0 Å². The monoisotopic (exact) mass is 415 g/mol. The maximum absolute atomic E-state index is 12.5. The third kappa shape index (κ3) is 4.58. The Kier molecular flexibility index (Phi) is 5.90. The molecule has 0 aliphatic rings. The number of carbonyl (C=O) groups is 1. The van der Waals surface area contributed by atoms with E-state index in [0.29, 0.717) is 11.0 Å². The van der Waals surface area contributed by atoms with E-state index >= 15 is 0 Å².